The number of methoxy groups -OCH3 is 1. The van der Waals surface area contributed by atoms with Crippen LogP contribution in [-0.2, 0) is 13.2 Å². The molecule has 3 aromatic rings. The quantitative estimate of drug-likeness (QED) is 0.483. The number of carbonyl (C=O) groups excluding carboxylic acids is 1. The maximum Gasteiger partial charge on any atom is 0.350 e. The van der Waals surface area contributed by atoms with Crippen molar-refractivity contribution in [1.82, 2.24) is 14.3 Å². The zero-order valence-corrected chi connectivity index (χ0v) is 19.9. The monoisotopic (exact) mass is 468 g/mol. The number of nitrogens with zero attached hydrogens (tertiary/aromatic N) is 4. The Morgan fingerprint density at radius 1 is 1.29 bits per heavy atom. The van der Waals surface area contributed by atoms with Crippen LogP contribution in [0.3, 0.4) is 0 Å². The molecule has 180 valence electrons. The number of carbonyl (C=O) groups is 1. The van der Waals surface area contributed by atoms with Gasteiger partial charge in [-0.3, -0.25) is 9.36 Å². The third kappa shape index (κ3) is 4.65. The van der Waals surface area contributed by atoms with E-state index < -0.39 is 18.1 Å². The maximum atomic E-state index is 15.0. The van der Waals surface area contributed by atoms with Crippen molar-refractivity contribution < 1.29 is 19.0 Å². The summed E-state index contributed by atoms with van der Waals surface area (Å²) in [6.45, 7) is 5.47. The highest BCUT2D eigenvalue weighted by atomic mass is 19.1. The molecule has 0 unspecified atom stereocenters. The Kier molecular flexibility index (Phi) is 7.68. The maximum absolute atomic E-state index is 15.0. The van der Waals surface area contributed by atoms with Gasteiger partial charge in [-0.25, -0.2) is 9.18 Å². The number of anilines is 1. The summed E-state index contributed by atoms with van der Waals surface area (Å²) in [7, 11) is 3.44. The number of aromatic nitrogens is 3. The van der Waals surface area contributed by atoms with E-state index in [-0.39, 0.29) is 29.5 Å². The lowest BCUT2D eigenvalue weighted by Crippen LogP contribution is -2.24. The van der Waals surface area contributed by atoms with Gasteiger partial charge in [0.05, 0.1) is 12.8 Å². The first kappa shape index (κ1) is 24.9. The first-order valence-corrected chi connectivity index (χ1v) is 10.9. The molecule has 2 aromatic carbocycles. The molecule has 1 N–H and O–H groups in total. The van der Waals surface area contributed by atoms with Gasteiger partial charge in [-0.15, -0.1) is 5.10 Å². The molecule has 0 radical (unpaired) electrons. The van der Waals surface area contributed by atoms with E-state index in [1.165, 1.54) is 10.6 Å². The third-order valence-electron chi connectivity index (χ3n) is 5.60. The van der Waals surface area contributed by atoms with Crippen molar-refractivity contribution in [2.24, 2.45) is 5.92 Å². The van der Waals surface area contributed by atoms with E-state index in [1.807, 2.05) is 56.3 Å². The fraction of sp³-hybridized carbons (Fsp3) is 0.320. The minimum atomic E-state index is -0.764. The number of aliphatic hydroxyl groups excluding tert-OH is 1. The van der Waals surface area contributed by atoms with Gasteiger partial charge in [-0.1, -0.05) is 26.0 Å². The van der Waals surface area contributed by atoms with Crippen molar-refractivity contribution >= 4 is 17.5 Å². The standard InChI is InChI=1S/C25H29FN4O4/c1-6-29-24(15-32)27-30(25(29)33)22-12-18(17(14-31)11-20(22)26)19(16(2)3)13-28(4)21-9-7-8-10-23(21)34-5/h7-14,16,32H,6,15H2,1-5H3/b19-13-. The first-order chi connectivity index (χ1) is 16.3. The molecule has 0 spiro atoms. The van der Waals surface area contributed by atoms with Gasteiger partial charge in [0, 0.05) is 25.4 Å². The van der Waals surface area contributed by atoms with Gasteiger partial charge in [-0.05, 0) is 48.2 Å². The largest absolute Gasteiger partial charge is 0.495 e. The molecule has 0 bridgehead atoms. The molecule has 0 aliphatic heterocycles. The topological polar surface area (TPSA) is 89.6 Å². The molecule has 9 heteroatoms. The smallest absolute Gasteiger partial charge is 0.350 e. The molecule has 8 nitrogen and oxygen atoms in total. The third-order valence-corrected chi connectivity index (χ3v) is 5.60. The Bertz CT molecular complexity index is 1280. The van der Waals surface area contributed by atoms with Gasteiger partial charge in [0.15, 0.2) is 12.1 Å². The Balaban J connectivity index is 2.22. The van der Waals surface area contributed by atoms with Crippen LogP contribution in [0.4, 0.5) is 10.1 Å². The Hall–Kier alpha value is -3.72. The SMILES string of the molecule is CCn1c(CO)nn(-c2cc(/C(=C\N(C)c3ccccc3OC)C(C)C)c(C=O)cc2F)c1=O. The van der Waals surface area contributed by atoms with Crippen molar-refractivity contribution in [3.8, 4) is 11.4 Å². The number of aldehydes is 1. The lowest BCUT2D eigenvalue weighted by atomic mass is 9.92. The molecule has 0 saturated carbocycles. The van der Waals surface area contributed by atoms with Crippen LogP contribution in [0.5, 0.6) is 5.75 Å². The Labute approximate surface area is 197 Å². The van der Waals surface area contributed by atoms with E-state index >= 15 is 4.39 Å². The molecule has 0 aliphatic rings. The lowest BCUT2D eigenvalue weighted by molar-refractivity contribution is 0.112. The fourth-order valence-corrected chi connectivity index (χ4v) is 3.84. The Morgan fingerprint density at radius 2 is 2.00 bits per heavy atom. The van der Waals surface area contributed by atoms with Gasteiger partial charge in [-0.2, -0.15) is 4.68 Å². The highest BCUT2D eigenvalue weighted by molar-refractivity contribution is 5.87. The molecule has 0 saturated heterocycles. The predicted octanol–water partition coefficient (Wildman–Crippen LogP) is 3.64. The number of allylic oxidation sites excluding steroid dienone is 1. The van der Waals surface area contributed by atoms with Crippen LogP contribution in [-0.4, -0.2) is 39.9 Å². The summed E-state index contributed by atoms with van der Waals surface area (Å²) in [4.78, 5) is 26.6. The zero-order valence-electron chi connectivity index (χ0n) is 19.9. The summed E-state index contributed by atoms with van der Waals surface area (Å²) >= 11 is 0. The highest BCUT2D eigenvalue weighted by Gasteiger charge is 2.21. The Morgan fingerprint density at radius 3 is 2.56 bits per heavy atom. The molecule has 0 aliphatic carbocycles. The van der Waals surface area contributed by atoms with Crippen LogP contribution in [0, 0.1) is 11.7 Å². The molecule has 0 fully saturated rings. The van der Waals surface area contributed by atoms with Gasteiger partial charge >= 0.3 is 5.69 Å². The van der Waals surface area contributed by atoms with Crippen LogP contribution < -0.4 is 15.3 Å². The minimum Gasteiger partial charge on any atom is -0.495 e. The van der Waals surface area contributed by atoms with E-state index in [0.29, 0.717) is 17.6 Å². The highest BCUT2D eigenvalue weighted by Crippen LogP contribution is 2.32. The van der Waals surface area contributed by atoms with E-state index in [2.05, 4.69) is 5.10 Å². The number of hydrogen-bond donors (Lipinski definition) is 1. The number of para-hydroxylation sites is 2. The summed E-state index contributed by atoms with van der Waals surface area (Å²) in [6, 6.07) is 10.1. The van der Waals surface area contributed by atoms with Gasteiger partial charge in [0.1, 0.15) is 23.9 Å². The summed E-state index contributed by atoms with van der Waals surface area (Å²) in [6.07, 6.45) is 2.45. The van der Waals surface area contributed by atoms with Crippen LogP contribution in [0.1, 0.15) is 42.5 Å². The van der Waals surface area contributed by atoms with Crippen molar-refractivity contribution in [1.29, 1.82) is 0 Å². The van der Waals surface area contributed by atoms with Crippen LogP contribution in [0.25, 0.3) is 11.3 Å². The van der Waals surface area contributed by atoms with Crippen molar-refractivity contribution in [3.05, 3.63) is 75.9 Å². The molecule has 0 amide bonds. The van der Waals surface area contributed by atoms with Crippen molar-refractivity contribution in [2.75, 3.05) is 19.1 Å². The summed E-state index contributed by atoms with van der Waals surface area (Å²) in [5, 5.41) is 13.7. The van der Waals surface area contributed by atoms with Gasteiger partial charge in [0.2, 0.25) is 0 Å². The normalized spacial score (nSPS) is 11.7. The molecular weight excluding hydrogens is 439 g/mol. The van der Waals surface area contributed by atoms with E-state index in [9.17, 15) is 14.7 Å². The molecule has 0 atom stereocenters. The van der Waals surface area contributed by atoms with Crippen LogP contribution in [0.2, 0.25) is 0 Å². The van der Waals surface area contributed by atoms with E-state index in [4.69, 9.17) is 4.74 Å². The first-order valence-electron chi connectivity index (χ1n) is 10.9. The van der Waals surface area contributed by atoms with Crippen LogP contribution in [0.15, 0.2) is 47.4 Å². The van der Waals surface area contributed by atoms with Crippen molar-refractivity contribution in [3.63, 3.8) is 0 Å². The van der Waals surface area contributed by atoms with Crippen molar-refractivity contribution in [2.45, 2.75) is 33.9 Å². The number of ether oxygens (including phenoxy) is 1. The zero-order chi connectivity index (χ0) is 25.0. The second-order valence-corrected chi connectivity index (χ2v) is 8.04. The minimum absolute atomic E-state index is 0.0490. The second kappa shape index (κ2) is 10.5. The summed E-state index contributed by atoms with van der Waals surface area (Å²) in [5.74, 6) is -0.0112. The average molecular weight is 469 g/mol. The summed E-state index contributed by atoms with van der Waals surface area (Å²) in [5.41, 5.74) is 1.52. The number of rotatable bonds is 9. The number of aliphatic hydroxyl groups is 1. The molecular formula is C25H29FN4O4. The van der Waals surface area contributed by atoms with E-state index in [0.717, 1.165) is 22.0 Å². The fourth-order valence-electron chi connectivity index (χ4n) is 3.84. The summed E-state index contributed by atoms with van der Waals surface area (Å²) < 4.78 is 22.7. The molecule has 34 heavy (non-hydrogen) atoms. The molecule has 1 aromatic heterocycles. The number of benzene rings is 2. The molecule has 1 heterocycles. The number of halogens is 1. The second-order valence-electron chi connectivity index (χ2n) is 8.04. The predicted molar refractivity (Wildman–Crippen MR) is 129 cm³/mol. The van der Waals surface area contributed by atoms with Gasteiger partial charge in [0.25, 0.3) is 0 Å². The lowest BCUT2D eigenvalue weighted by Gasteiger charge is -2.22. The number of hydrogen-bond acceptors (Lipinski definition) is 6. The average Bonchev–Trinajstić information content (AvgIpc) is 3.17. The van der Waals surface area contributed by atoms with Crippen LogP contribution >= 0.6 is 0 Å². The van der Waals surface area contributed by atoms with E-state index in [1.54, 1.807) is 14.0 Å². The van der Waals surface area contributed by atoms with Gasteiger partial charge < -0.3 is 14.7 Å². The molecule has 3 rings (SSSR count).